The second kappa shape index (κ2) is 64.2. The summed E-state index contributed by atoms with van der Waals surface area (Å²) in [6.07, 6.45) is 78.8. The van der Waals surface area contributed by atoms with E-state index < -0.39 is 6.10 Å². The van der Waals surface area contributed by atoms with Crippen LogP contribution in [0.3, 0.4) is 0 Å². The van der Waals surface area contributed by atoms with Gasteiger partial charge in [-0.15, -0.1) is 0 Å². The number of rotatable bonds is 62. The molecular formula is C69H128O6. The highest BCUT2D eigenvalue weighted by molar-refractivity contribution is 5.71. The predicted octanol–water partition coefficient (Wildman–Crippen LogP) is 22.8. The molecule has 0 N–H and O–H groups in total. The van der Waals surface area contributed by atoms with Crippen LogP contribution in [0.1, 0.15) is 367 Å². The molecule has 0 bridgehead atoms. The second-order valence-electron chi connectivity index (χ2n) is 22.7. The molecule has 0 aliphatic carbocycles. The van der Waals surface area contributed by atoms with Gasteiger partial charge in [-0.1, -0.05) is 327 Å². The van der Waals surface area contributed by atoms with E-state index in [0.717, 1.165) is 77.0 Å². The van der Waals surface area contributed by atoms with Crippen molar-refractivity contribution in [2.75, 3.05) is 13.2 Å². The van der Waals surface area contributed by atoms with E-state index in [9.17, 15) is 14.4 Å². The van der Waals surface area contributed by atoms with Gasteiger partial charge >= 0.3 is 17.9 Å². The molecule has 1 unspecified atom stereocenters. The van der Waals surface area contributed by atoms with Crippen molar-refractivity contribution >= 4 is 17.9 Å². The maximum Gasteiger partial charge on any atom is 0.306 e. The van der Waals surface area contributed by atoms with Crippen LogP contribution in [0.25, 0.3) is 0 Å². The number of allylic oxidation sites excluding steroid dienone is 6. The zero-order chi connectivity index (χ0) is 54.3. The van der Waals surface area contributed by atoms with Gasteiger partial charge in [-0.05, 0) is 57.8 Å². The Hall–Kier alpha value is -2.37. The monoisotopic (exact) mass is 1050 g/mol. The molecule has 75 heavy (non-hydrogen) atoms. The molecule has 0 heterocycles. The van der Waals surface area contributed by atoms with E-state index in [1.54, 1.807) is 0 Å². The Morgan fingerprint density at radius 3 is 0.773 bits per heavy atom. The Kier molecular flexibility index (Phi) is 62.1. The second-order valence-corrected chi connectivity index (χ2v) is 22.7. The van der Waals surface area contributed by atoms with Crippen LogP contribution in [-0.2, 0) is 28.6 Å². The smallest absolute Gasteiger partial charge is 0.306 e. The van der Waals surface area contributed by atoms with Crippen molar-refractivity contribution in [3.8, 4) is 0 Å². The third-order valence-electron chi connectivity index (χ3n) is 15.1. The fourth-order valence-electron chi connectivity index (χ4n) is 10.1. The molecule has 0 rings (SSSR count). The first-order chi connectivity index (χ1) is 37.0. The van der Waals surface area contributed by atoms with Gasteiger partial charge in [0.2, 0.25) is 0 Å². The predicted molar refractivity (Wildman–Crippen MR) is 326 cm³/mol. The minimum Gasteiger partial charge on any atom is -0.462 e. The fraction of sp³-hybridized carbons (Fsp3) is 0.870. The molecule has 0 fully saturated rings. The van der Waals surface area contributed by atoms with Gasteiger partial charge in [0, 0.05) is 19.3 Å². The van der Waals surface area contributed by atoms with E-state index in [4.69, 9.17) is 14.2 Å². The summed E-state index contributed by atoms with van der Waals surface area (Å²) in [4.78, 5) is 38.3. The molecule has 0 radical (unpaired) electrons. The summed E-state index contributed by atoms with van der Waals surface area (Å²) < 4.78 is 16.9. The summed E-state index contributed by atoms with van der Waals surface area (Å²) in [5.74, 6) is -0.860. The molecule has 0 amide bonds. The highest BCUT2D eigenvalue weighted by atomic mass is 16.6. The van der Waals surface area contributed by atoms with Crippen molar-refractivity contribution in [3.63, 3.8) is 0 Å². The summed E-state index contributed by atoms with van der Waals surface area (Å²) in [6.45, 7) is 6.66. The van der Waals surface area contributed by atoms with Crippen LogP contribution < -0.4 is 0 Å². The third-order valence-corrected chi connectivity index (χ3v) is 15.1. The minimum atomic E-state index is -0.776. The largest absolute Gasteiger partial charge is 0.462 e. The number of carbonyl (C=O) groups excluding carboxylic acids is 3. The first-order valence-electron chi connectivity index (χ1n) is 33.5. The van der Waals surface area contributed by atoms with Crippen LogP contribution >= 0.6 is 0 Å². The highest BCUT2D eigenvalue weighted by Crippen LogP contribution is 2.18. The van der Waals surface area contributed by atoms with Crippen LogP contribution in [0.5, 0.6) is 0 Å². The Labute approximate surface area is 467 Å². The SMILES string of the molecule is CCCCC/C=C\C/C=C\C/C=C\CCCCCCCCC(=O)OC(COC(=O)CCCCCCCCCCCCCC)COC(=O)CCCCCCCCCCCCCCCCCCCCCCCCCCCC. The molecular weight excluding hydrogens is 925 g/mol. The van der Waals surface area contributed by atoms with E-state index >= 15 is 0 Å². The zero-order valence-electron chi connectivity index (χ0n) is 50.6. The molecule has 0 aliphatic rings. The molecule has 0 saturated heterocycles. The standard InChI is InChI=1S/C69H128O6/c1-4-7-10-13-16-19-22-25-27-29-31-32-33-34-35-36-37-39-40-42-44-47-50-53-56-59-62-68(71)74-65-66(64-73-67(70)61-58-55-52-49-46-24-21-18-15-12-9-6-3)75-69(72)63-60-57-54-51-48-45-43-41-38-30-28-26-23-20-17-14-11-8-5-2/h17,20,26,28,38,41,66H,4-16,18-19,21-25,27,29-37,39-40,42-65H2,1-3H3/b20-17-,28-26-,41-38-. The molecule has 0 aromatic carbocycles. The van der Waals surface area contributed by atoms with Crippen molar-refractivity contribution < 1.29 is 28.6 Å². The van der Waals surface area contributed by atoms with Crippen molar-refractivity contribution in [3.05, 3.63) is 36.5 Å². The van der Waals surface area contributed by atoms with Crippen molar-refractivity contribution in [2.45, 2.75) is 374 Å². The summed E-state index contributed by atoms with van der Waals surface area (Å²) >= 11 is 0. The molecule has 0 aromatic rings. The number of esters is 3. The Bertz CT molecular complexity index is 1250. The molecule has 0 aliphatic heterocycles. The van der Waals surface area contributed by atoms with E-state index in [-0.39, 0.29) is 31.1 Å². The molecule has 0 spiro atoms. The third kappa shape index (κ3) is 62.4. The van der Waals surface area contributed by atoms with Crippen molar-refractivity contribution in [1.29, 1.82) is 0 Å². The first-order valence-corrected chi connectivity index (χ1v) is 33.5. The lowest BCUT2D eigenvalue weighted by Gasteiger charge is -2.18. The van der Waals surface area contributed by atoms with Gasteiger partial charge in [0.1, 0.15) is 13.2 Å². The van der Waals surface area contributed by atoms with Gasteiger partial charge in [-0.2, -0.15) is 0 Å². The molecule has 0 saturated carbocycles. The van der Waals surface area contributed by atoms with E-state index in [1.807, 2.05) is 0 Å². The van der Waals surface area contributed by atoms with Crippen LogP contribution in [0.15, 0.2) is 36.5 Å². The minimum absolute atomic E-state index is 0.0722. The van der Waals surface area contributed by atoms with Gasteiger partial charge in [-0.3, -0.25) is 14.4 Å². The molecule has 6 nitrogen and oxygen atoms in total. The Balaban J connectivity index is 4.22. The van der Waals surface area contributed by atoms with Crippen LogP contribution in [-0.4, -0.2) is 37.2 Å². The molecule has 1 atom stereocenters. The molecule has 0 aromatic heterocycles. The highest BCUT2D eigenvalue weighted by Gasteiger charge is 2.19. The van der Waals surface area contributed by atoms with Gasteiger partial charge in [0.05, 0.1) is 0 Å². The molecule has 440 valence electrons. The van der Waals surface area contributed by atoms with E-state index in [2.05, 4.69) is 57.2 Å². The summed E-state index contributed by atoms with van der Waals surface area (Å²) in [5.41, 5.74) is 0. The van der Waals surface area contributed by atoms with Gasteiger partial charge in [0.15, 0.2) is 6.10 Å². The van der Waals surface area contributed by atoms with Crippen LogP contribution in [0.2, 0.25) is 0 Å². The lowest BCUT2D eigenvalue weighted by atomic mass is 10.0. The summed E-state index contributed by atoms with van der Waals surface area (Å²) in [7, 11) is 0. The normalized spacial score (nSPS) is 12.2. The Morgan fingerprint density at radius 1 is 0.267 bits per heavy atom. The Morgan fingerprint density at radius 2 is 0.480 bits per heavy atom. The van der Waals surface area contributed by atoms with Crippen molar-refractivity contribution in [1.82, 2.24) is 0 Å². The number of carbonyl (C=O) groups is 3. The fourth-order valence-corrected chi connectivity index (χ4v) is 10.1. The number of unbranched alkanes of at least 4 members (excludes halogenated alkanes) is 45. The number of ether oxygens (including phenoxy) is 3. The topological polar surface area (TPSA) is 78.9 Å². The van der Waals surface area contributed by atoms with E-state index in [0.29, 0.717) is 19.3 Å². The average molecular weight is 1050 g/mol. The van der Waals surface area contributed by atoms with Gasteiger partial charge in [-0.25, -0.2) is 0 Å². The maximum atomic E-state index is 12.9. The quantitative estimate of drug-likeness (QED) is 0.0261. The maximum absolute atomic E-state index is 12.9. The summed E-state index contributed by atoms with van der Waals surface area (Å²) in [6, 6.07) is 0. The summed E-state index contributed by atoms with van der Waals surface area (Å²) in [5, 5.41) is 0. The van der Waals surface area contributed by atoms with Gasteiger partial charge < -0.3 is 14.2 Å². The van der Waals surface area contributed by atoms with Crippen LogP contribution in [0, 0.1) is 0 Å². The lowest BCUT2D eigenvalue weighted by Crippen LogP contribution is -2.30. The first kappa shape index (κ1) is 72.6. The lowest BCUT2D eigenvalue weighted by molar-refractivity contribution is -0.167. The zero-order valence-corrected chi connectivity index (χ0v) is 50.6. The van der Waals surface area contributed by atoms with Crippen molar-refractivity contribution in [2.24, 2.45) is 0 Å². The average Bonchev–Trinajstić information content (AvgIpc) is 3.41. The number of hydrogen-bond donors (Lipinski definition) is 0. The van der Waals surface area contributed by atoms with E-state index in [1.165, 1.54) is 250 Å². The van der Waals surface area contributed by atoms with Crippen LogP contribution in [0.4, 0.5) is 0 Å². The molecule has 6 heteroatoms. The van der Waals surface area contributed by atoms with Gasteiger partial charge in [0.25, 0.3) is 0 Å². The number of hydrogen-bond acceptors (Lipinski definition) is 6.